The Morgan fingerprint density at radius 1 is 1.58 bits per heavy atom. The van der Waals surface area contributed by atoms with Gasteiger partial charge in [0.1, 0.15) is 0 Å². The molecule has 0 aromatic rings. The molecule has 0 saturated carbocycles. The molecule has 0 amide bonds. The van der Waals surface area contributed by atoms with Crippen LogP contribution in [-0.2, 0) is 9.53 Å². The molecule has 0 unspecified atom stereocenters. The van der Waals surface area contributed by atoms with Crippen LogP contribution in [0.4, 0.5) is 0 Å². The molecule has 1 rings (SSSR count). The number of ether oxygens (including phenoxy) is 1. The average Bonchev–Trinajstić information content (AvgIpc) is 2.33. The van der Waals surface area contributed by atoms with E-state index in [2.05, 4.69) is 16.9 Å². The van der Waals surface area contributed by atoms with Crippen LogP contribution in [0.2, 0.25) is 0 Å². The van der Waals surface area contributed by atoms with Crippen molar-refractivity contribution in [1.82, 2.24) is 0 Å². The lowest BCUT2D eigenvalue weighted by Crippen LogP contribution is -2.07. The molecule has 0 fully saturated rings. The van der Waals surface area contributed by atoms with Crippen LogP contribution < -0.4 is 0 Å². The summed E-state index contributed by atoms with van der Waals surface area (Å²) in [4.78, 5) is 10.9. The highest BCUT2D eigenvalue weighted by molar-refractivity contribution is 5.69. The highest BCUT2D eigenvalue weighted by Crippen LogP contribution is 2.16. The van der Waals surface area contributed by atoms with Crippen molar-refractivity contribution in [1.29, 1.82) is 0 Å². The molecule has 1 aliphatic carbocycles. The van der Waals surface area contributed by atoms with Gasteiger partial charge in [-0.1, -0.05) is 24.3 Å². The minimum Gasteiger partial charge on any atom is -0.469 e. The second-order valence-electron chi connectivity index (χ2n) is 2.93. The zero-order chi connectivity index (χ0) is 8.81. The van der Waals surface area contributed by atoms with Gasteiger partial charge in [-0.15, -0.1) is 0 Å². The number of hydrogen-bond donors (Lipinski definition) is 0. The van der Waals surface area contributed by atoms with E-state index in [0.29, 0.717) is 12.3 Å². The summed E-state index contributed by atoms with van der Waals surface area (Å²) in [5.74, 6) is 0.235. The first-order chi connectivity index (χ1) is 5.83. The van der Waals surface area contributed by atoms with Crippen molar-refractivity contribution in [3.63, 3.8) is 0 Å². The fourth-order valence-electron chi connectivity index (χ4n) is 1.27. The van der Waals surface area contributed by atoms with Crippen molar-refractivity contribution in [3.05, 3.63) is 24.3 Å². The third-order valence-electron chi connectivity index (χ3n) is 1.99. The Morgan fingerprint density at radius 3 is 3.17 bits per heavy atom. The third kappa shape index (κ3) is 2.91. The van der Waals surface area contributed by atoms with Gasteiger partial charge in [0.2, 0.25) is 0 Å². The number of esters is 1. The van der Waals surface area contributed by atoms with Crippen molar-refractivity contribution in [2.24, 2.45) is 5.92 Å². The molecule has 1 atom stereocenters. The summed E-state index contributed by atoms with van der Waals surface area (Å²) in [6.45, 7) is 0. The van der Waals surface area contributed by atoms with E-state index < -0.39 is 0 Å². The smallest absolute Gasteiger partial charge is 0.306 e. The zero-order valence-corrected chi connectivity index (χ0v) is 7.32. The van der Waals surface area contributed by atoms with E-state index in [1.165, 1.54) is 7.11 Å². The monoisotopic (exact) mass is 166 g/mol. The van der Waals surface area contributed by atoms with Crippen LogP contribution in [0.25, 0.3) is 0 Å². The molecule has 0 spiro atoms. The second-order valence-corrected chi connectivity index (χ2v) is 2.93. The first-order valence-electron chi connectivity index (χ1n) is 4.23. The maximum absolute atomic E-state index is 10.9. The largest absolute Gasteiger partial charge is 0.469 e. The van der Waals surface area contributed by atoms with Crippen LogP contribution in [-0.4, -0.2) is 13.1 Å². The van der Waals surface area contributed by atoms with Crippen LogP contribution in [0.3, 0.4) is 0 Å². The van der Waals surface area contributed by atoms with Crippen molar-refractivity contribution >= 4 is 5.97 Å². The van der Waals surface area contributed by atoms with E-state index in [-0.39, 0.29) is 5.97 Å². The van der Waals surface area contributed by atoms with E-state index in [1.807, 2.05) is 12.2 Å². The summed E-state index contributed by atoms with van der Waals surface area (Å²) >= 11 is 0. The van der Waals surface area contributed by atoms with E-state index in [4.69, 9.17) is 0 Å². The summed E-state index contributed by atoms with van der Waals surface area (Å²) in [7, 11) is 1.43. The predicted octanol–water partition coefficient (Wildman–Crippen LogP) is 2.07. The molecule has 0 saturated heterocycles. The molecule has 0 aliphatic heterocycles. The van der Waals surface area contributed by atoms with E-state index in [0.717, 1.165) is 12.8 Å². The Kier molecular flexibility index (Phi) is 3.58. The van der Waals surface area contributed by atoms with Crippen molar-refractivity contribution in [2.45, 2.75) is 19.3 Å². The number of carbonyl (C=O) groups excluding carboxylic acids is 1. The first-order valence-corrected chi connectivity index (χ1v) is 4.23. The SMILES string of the molecule is COC(=O)C[C@H]1C=CC=CCC1. The molecular formula is C10H14O2. The van der Waals surface area contributed by atoms with Crippen LogP contribution in [0, 0.1) is 5.92 Å². The van der Waals surface area contributed by atoms with Crippen molar-refractivity contribution < 1.29 is 9.53 Å². The third-order valence-corrected chi connectivity index (χ3v) is 1.99. The molecule has 0 radical (unpaired) electrons. The standard InChI is InChI=1S/C10H14O2/c1-12-10(11)8-9-6-4-2-3-5-7-9/h2-4,6,9H,5,7-8H2,1H3/t9-/m0/s1. The minimum absolute atomic E-state index is 0.119. The number of carbonyl (C=O) groups is 1. The van der Waals surface area contributed by atoms with E-state index in [9.17, 15) is 4.79 Å². The number of hydrogen-bond acceptors (Lipinski definition) is 2. The normalized spacial score (nSPS) is 21.9. The Labute approximate surface area is 72.9 Å². The Bertz CT molecular complexity index is 204. The number of rotatable bonds is 2. The van der Waals surface area contributed by atoms with Gasteiger partial charge < -0.3 is 4.74 Å². The zero-order valence-electron chi connectivity index (χ0n) is 7.32. The fourth-order valence-corrected chi connectivity index (χ4v) is 1.27. The Morgan fingerprint density at radius 2 is 2.42 bits per heavy atom. The lowest BCUT2D eigenvalue weighted by molar-refractivity contribution is -0.141. The van der Waals surface area contributed by atoms with Gasteiger partial charge in [0.15, 0.2) is 0 Å². The van der Waals surface area contributed by atoms with Gasteiger partial charge in [-0.05, 0) is 18.8 Å². The Balaban J connectivity index is 2.37. The van der Waals surface area contributed by atoms with Gasteiger partial charge in [0, 0.05) is 0 Å². The minimum atomic E-state index is -0.119. The molecule has 66 valence electrons. The van der Waals surface area contributed by atoms with Gasteiger partial charge in [0.25, 0.3) is 0 Å². The highest BCUT2D eigenvalue weighted by atomic mass is 16.5. The highest BCUT2D eigenvalue weighted by Gasteiger charge is 2.10. The summed E-state index contributed by atoms with van der Waals surface area (Å²) in [5, 5.41) is 0. The number of allylic oxidation sites excluding steroid dienone is 4. The Hall–Kier alpha value is -1.05. The summed E-state index contributed by atoms with van der Waals surface area (Å²) in [6, 6.07) is 0. The first kappa shape index (κ1) is 9.04. The summed E-state index contributed by atoms with van der Waals surface area (Å²) < 4.78 is 4.60. The van der Waals surface area contributed by atoms with E-state index in [1.54, 1.807) is 0 Å². The quantitative estimate of drug-likeness (QED) is 0.587. The van der Waals surface area contributed by atoms with Gasteiger partial charge in [-0.25, -0.2) is 0 Å². The molecular weight excluding hydrogens is 152 g/mol. The van der Waals surface area contributed by atoms with Crippen molar-refractivity contribution in [3.8, 4) is 0 Å². The molecule has 0 aromatic carbocycles. The lowest BCUT2D eigenvalue weighted by atomic mass is 10.0. The maximum atomic E-state index is 10.9. The molecule has 1 aliphatic rings. The van der Waals surface area contributed by atoms with Crippen LogP contribution in [0.15, 0.2) is 24.3 Å². The predicted molar refractivity (Wildman–Crippen MR) is 47.6 cm³/mol. The molecule has 12 heavy (non-hydrogen) atoms. The second kappa shape index (κ2) is 4.75. The molecule has 0 N–H and O–H groups in total. The van der Waals surface area contributed by atoms with E-state index >= 15 is 0 Å². The van der Waals surface area contributed by atoms with Gasteiger partial charge in [0.05, 0.1) is 13.5 Å². The van der Waals surface area contributed by atoms with Crippen LogP contribution >= 0.6 is 0 Å². The van der Waals surface area contributed by atoms with Crippen LogP contribution in [0.5, 0.6) is 0 Å². The van der Waals surface area contributed by atoms with Gasteiger partial charge >= 0.3 is 5.97 Å². The topological polar surface area (TPSA) is 26.3 Å². The molecule has 0 aromatic heterocycles. The summed E-state index contributed by atoms with van der Waals surface area (Å²) in [5.41, 5.74) is 0. The molecule has 0 heterocycles. The van der Waals surface area contributed by atoms with Gasteiger partial charge in [-0.3, -0.25) is 4.79 Å². The fraction of sp³-hybridized carbons (Fsp3) is 0.500. The molecule has 0 bridgehead atoms. The van der Waals surface area contributed by atoms with Crippen LogP contribution in [0.1, 0.15) is 19.3 Å². The number of methoxy groups -OCH3 is 1. The molecule has 2 nitrogen and oxygen atoms in total. The summed E-state index contributed by atoms with van der Waals surface area (Å²) in [6.07, 6.45) is 10.8. The molecule has 2 heteroatoms. The van der Waals surface area contributed by atoms with Crippen molar-refractivity contribution in [2.75, 3.05) is 7.11 Å². The lowest BCUT2D eigenvalue weighted by Gasteiger charge is -2.07. The van der Waals surface area contributed by atoms with Gasteiger partial charge in [-0.2, -0.15) is 0 Å². The average molecular weight is 166 g/mol. The maximum Gasteiger partial charge on any atom is 0.306 e.